The van der Waals surface area contributed by atoms with Crippen molar-refractivity contribution < 1.29 is 10.2 Å². The summed E-state index contributed by atoms with van der Waals surface area (Å²) in [6.07, 6.45) is 1.77. The first-order chi connectivity index (χ1) is 5.96. The van der Waals surface area contributed by atoms with Gasteiger partial charge in [-0.25, -0.2) is 0 Å². The number of aromatic nitrogens is 1. The fraction of sp³-hybridized carbons (Fsp3) is 0. The summed E-state index contributed by atoms with van der Waals surface area (Å²) in [6.45, 7) is 0. The van der Waals surface area contributed by atoms with Gasteiger partial charge in [-0.2, -0.15) is 0 Å². The lowest BCUT2D eigenvalue weighted by Gasteiger charge is -1.67. The van der Waals surface area contributed by atoms with Gasteiger partial charge in [0.1, 0.15) is 0 Å². The third kappa shape index (κ3) is 55.6. The molecule has 0 radical (unpaired) electrons. The van der Waals surface area contributed by atoms with E-state index in [1.54, 1.807) is 23.0 Å². The summed E-state index contributed by atoms with van der Waals surface area (Å²) >= 11 is 9.34. The van der Waals surface area contributed by atoms with E-state index >= 15 is 0 Å². The normalized spacial score (nSPS) is 6.77. The van der Waals surface area contributed by atoms with E-state index < -0.39 is 10.3 Å². The number of hydrogen-bond donors (Lipinski definition) is 4. The molecule has 0 fully saturated rings. The number of thiocarbonyl (C=S) groups is 2. The van der Waals surface area contributed by atoms with E-state index in [1.807, 2.05) is 5.38 Å². The van der Waals surface area contributed by atoms with Crippen LogP contribution in [-0.2, 0) is 0 Å². The van der Waals surface area contributed by atoms with E-state index in [0.29, 0.717) is 0 Å². The highest BCUT2D eigenvalue weighted by atomic mass is 32.1. The standard InChI is InChI=1S/C3H3NS.2CH3NOS/c1-2-5-3-4-1;2*2-1(3)4/h1-3H;2*(H3,2,3,4). The Balaban J connectivity index is 0. The van der Waals surface area contributed by atoms with Crippen LogP contribution in [0, 0.1) is 0 Å². The molecular formula is C5H9N3O2S3. The highest BCUT2D eigenvalue weighted by Crippen LogP contribution is 1.85. The molecule has 1 aromatic heterocycles. The first-order valence-electron chi connectivity index (χ1n) is 2.75. The van der Waals surface area contributed by atoms with E-state index in [0.717, 1.165) is 0 Å². The number of aliphatic hydroxyl groups is 2. The predicted molar refractivity (Wildman–Crippen MR) is 60.9 cm³/mol. The lowest BCUT2D eigenvalue weighted by molar-refractivity contribution is 0.559. The van der Waals surface area contributed by atoms with Gasteiger partial charge in [0, 0.05) is 11.6 Å². The molecule has 1 aromatic rings. The van der Waals surface area contributed by atoms with Crippen molar-refractivity contribution in [3.63, 3.8) is 0 Å². The highest BCUT2D eigenvalue weighted by molar-refractivity contribution is 7.80. The van der Waals surface area contributed by atoms with E-state index in [2.05, 4.69) is 40.9 Å². The lowest BCUT2D eigenvalue weighted by Crippen LogP contribution is -2.03. The predicted octanol–water partition coefficient (Wildman–Crippen LogP) is 0.719. The maximum atomic E-state index is 7.56. The molecule has 0 bridgehead atoms. The van der Waals surface area contributed by atoms with Crippen LogP contribution in [0.1, 0.15) is 0 Å². The van der Waals surface area contributed by atoms with Gasteiger partial charge in [-0.1, -0.05) is 0 Å². The average molecular weight is 239 g/mol. The molecule has 0 aliphatic rings. The number of nitrogens with zero attached hydrogens (tertiary/aromatic N) is 1. The summed E-state index contributed by atoms with van der Waals surface area (Å²) in [4.78, 5) is 3.74. The first-order valence-corrected chi connectivity index (χ1v) is 4.51. The summed E-state index contributed by atoms with van der Waals surface area (Å²) in [5.74, 6) is 0. The molecule has 0 atom stereocenters. The smallest absolute Gasteiger partial charge is 0.251 e. The Bertz CT molecular complexity index is 190. The van der Waals surface area contributed by atoms with Gasteiger partial charge in [0.05, 0.1) is 5.51 Å². The summed E-state index contributed by atoms with van der Waals surface area (Å²) in [7, 11) is 0. The SMILES string of the molecule is NC(O)=S.NC(O)=S.c1cscn1. The molecule has 0 spiro atoms. The minimum Gasteiger partial charge on any atom is -0.487 e. The van der Waals surface area contributed by atoms with Gasteiger partial charge < -0.3 is 21.7 Å². The van der Waals surface area contributed by atoms with Crippen LogP contribution in [0.5, 0.6) is 0 Å². The van der Waals surface area contributed by atoms with Crippen molar-refractivity contribution in [2.24, 2.45) is 11.5 Å². The van der Waals surface area contributed by atoms with Gasteiger partial charge in [-0.05, 0) is 24.4 Å². The molecule has 0 unspecified atom stereocenters. The Morgan fingerprint density at radius 2 is 1.62 bits per heavy atom. The van der Waals surface area contributed by atoms with Crippen LogP contribution in [0.4, 0.5) is 0 Å². The lowest BCUT2D eigenvalue weighted by atomic mass is 11.0. The Hall–Kier alpha value is -0.990. The molecule has 0 saturated carbocycles. The first kappa shape index (κ1) is 14.5. The van der Waals surface area contributed by atoms with Crippen molar-refractivity contribution >= 4 is 46.1 Å². The largest absolute Gasteiger partial charge is 0.487 e. The Labute approximate surface area is 90.0 Å². The van der Waals surface area contributed by atoms with Crippen LogP contribution in [0.2, 0.25) is 0 Å². The van der Waals surface area contributed by atoms with Crippen LogP contribution in [0.15, 0.2) is 17.1 Å². The summed E-state index contributed by atoms with van der Waals surface area (Å²) in [6, 6.07) is 0. The molecule has 8 heteroatoms. The minimum absolute atomic E-state index is 0.500. The van der Waals surface area contributed by atoms with Gasteiger partial charge in [-0.3, -0.25) is 4.98 Å². The molecule has 0 saturated heterocycles. The maximum Gasteiger partial charge on any atom is 0.251 e. The van der Waals surface area contributed by atoms with Crippen molar-refractivity contribution in [3.8, 4) is 0 Å². The summed E-state index contributed by atoms with van der Waals surface area (Å²) in [5, 5.41) is 16.1. The monoisotopic (exact) mass is 239 g/mol. The van der Waals surface area contributed by atoms with Crippen LogP contribution < -0.4 is 11.5 Å². The van der Waals surface area contributed by atoms with Gasteiger partial charge in [-0.15, -0.1) is 11.3 Å². The molecule has 0 aliphatic carbocycles. The number of aliphatic hydroxyl groups excluding tert-OH is 2. The highest BCUT2D eigenvalue weighted by Gasteiger charge is 1.59. The molecule has 74 valence electrons. The zero-order chi connectivity index (χ0) is 10.7. The zero-order valence-corrected chi connectivity index (χ0v) is 8.90. The third-order valence-corrected chi connectivity index (χ3v) is 0.869. The number of hydrogen-bond acceptors (Lipinski definition) is 4. The summed E-state index contributed by atoms with van der Waals surface area (Å²) in [5.41, 5.74) is 10.6. The fourth-order valence-electron chi connectivity index (χ4n) is 0.176. The number of rotatable bonds is 0. The molecule has 5 nitrogen and oxygen atoms in total. The van der Waals surface area contributed by atoms with E-state index in [-0.39, 0.29) is 0 Å². The second-order valence-electron chi connectivity index (χ2n) is 1.35. The van der Waals surface area contributed by atoms with Crippen molar-refractivity contribution in [3.05, 3.63) is 17.1 Å². The van der Waals surface area contributed by atoms with Gasteiger partial charge >= 0.3 is 0 Å². The van der Waals surface area contributed by atoms with Crippen LogP contribution >= 0.6 is 35.8 Å². The van der Waals surface area contributed by atoms with E-state index in [9.17, 15) is 0 Å². The van der Waals surface area contributed by atoms with Crippen LogP contribution in [0.25, 0.3) is 0 Å². The molecule has 0 amide bonds. The Kier molecular flexibility index (Phi) is 12.3. The van der Waals surface area contributed by atoms with E-state index in [1.165, 1.54) is 0 Å². The Morgan fingerprint density at radius 1 is 1.23 bits per heavy atom. The minimum atomic E-state index is -0.500. The van der Waals surface area contributed by atoms with Crippen LogP contribution in [-0.4, -0.2) is 25.5 Å². The third-order valence-electron chi connectivity index (χ3n) is 0.347. The van der Waals surface area contributed by atoms with Gasteiger partial charge in [0.25, 0.3) is 10.3 Å². The number of thiazole rings is 1. The molecular weight excluding hydrogens is 230 g/mol. The van der Waals surface area contributed by atoms with Crippen molar-refractivity contribution in [1.29, 1.82) is 0 Å². The van der Waals surface area contributed by atoms with E-state index in [4.69, 9.17) is 10.2 Å². The van der Waals surface area contributed by atoms with Gasteiger partial charge in [0.15, 0.2) is 0 Å². The maximum absolute atomic E-state index is 7.56. The second-order valence-corrected chi connectivity index (χ2v) is 2.94. The zero-order valence-electron chi connectivity index (χ0n) is 6.45. The van der Waals surface area contributed by atoms with Gasteiger partial charge in [0.2, 0.25) is 0 Å². The molecule has 6 N–H and O–H groups in total. The van der Waals surface area contributed by atoms with Crippen molar-refractivity contribution in [2.45, 2.75) is 0 Å². The summed E-state index contributed by atoms with van der Waals surface area (Å²) < 4.78 is 0. The second kappa shape index (κ2) is 11.0. The topological polar surface area (TPSA) is 105 Å². The Morgan fingerprint density at radius 3 is 1.69 bits per heavy atom. The molecule has 13 heavy (non-hydrogen) atoms. The van der Waals surface area contributed by atoms with Crippen molar-refractivity contribution in [1.82, 2.24) is 4.98 Å². The molecule has 1 heterocycles. The fourth-order valence-corrected chi connectivity index (χ4v) is 0.527. The number of nitrogens with two attached hydrogens (primary N) is 2. The van der Waals surface area contributed by atoms with Crippen molar-refractivity contribution in [2.75, 3.05) is 0 Å². The quantitative estimate of drug-likeness (QED) is 0.494. The molecule has 0 aliphatic heterocycles. The molecule has 0 aromatic carbocycles. The average Bonchev–Trinajstić information content (AvgIpc) is 2.35. The molecule has 1 rings (SSSR count). The van der Waals surface area contributed by atoms with Crippen LogP contribution in [0.3, 0.4) is 0 Å².